The number of nitrogens with two attached hydrogens (primary N) is 1. The first-order chi connectivity index (χ1) is 22.4. The molecule has 18 heteroatoms. The minimum absolute atomic E-state index is 0.00514. The van der Waals surface area contributed by atoms with Crippen molar-refractivity contribution in [3.63, 3.8) is 0 Å². The number of fused-ring (bicyclic) bond motifs is 1. The van der Waals surface area contributed by atoms with Crippen molar-refractivity contribution >= 4 is 36.7 Å². The van der Waals surface area contributed by atoms with Gasteiger partial charge < -0.3 is 39.4 Å². The van der Waals surface area contributed by atoms with E-state index in [-0.39, 0.29) is 60.9 Å². The first-order valence-electron chi connectivity index (χ1n) is 16.1. The van der Waals surface area contributed by atoms with Crippen molar-refractivity contribution in [2.45, 2.75) is 97.4 Å². The molecule has 3 rings (SSSR count). The van der Waals surface area contributed by atoms with E-state index in [1.807, 2.05) is 27.7 Å². The summed E-state index contributed by atoms with van der Waals surface area (Å²) in [5, 5.41) is 22.8. The lowest BCUT2D eigenvalue weighted by atomic mass is 9.96. The van der Waals surface area contributed by atoms with Gasteiger partial charge in [0, 0.05) is 0 Å². The molecule has 0 aromatic carbocycles. The second-order valence-corrected chi connectivity index (χ2v) is 15.3. The quantitative estimate of drug-likeness (QED) is 0.159. The van der Waals surface area contributed by atoms with Gasteiger partial charge in [0.05, 0.1) is 33.3 Å². The predicted molar refractivity (Wildman–Crippen MR) is 176 cm³/mol. The van der Waals surface area contributed by atoms with Gasteiger partial charge in [0.1, 0.15) is 29.9 Å². The van der Waals surface area contributed by atoms with E-state index in [1.165, 1.54) is 48.4 Å². The van der Waals surface area contributed by atoms with Gasteiger partial charge in [0.25, 0.3) is 0 Å². The topological polar surface area (TPSA) is 214 Å². The molecule has 1 unspecified atom stereocenters. The van der Waals surface area contributed by atoms with Crippen molar-refractivity contribution in [1.29, 1.82) is 0 Å². The third-order valence-corrected chi connectivity index (χ3v) is 10.9. The molecule has 0 saturated carbocycles. The molecular formula is C30H52N7O10P. The van der Waals surface area contributed by atoms with E-state index >= 15 is 4.57 Å². The van der Waals surface area contributed by atoms with Gasteiger partial charge in [-0.1, -0.05) is 27.7 Å². The van der Waals surface area contributed by atoms with Crippen molar-refractivity contribution in [1.82, 2.24) is 28.9 Å². The summed E-state index contributed by atoms with van der Waals surface area (Å²) in [6.45, 7) is 12.1. The molecule has 0 radical (unpaired) electrons. The third kappa shape index (κ3) is 8.26. The molecule has 272 valence electrons. The number of aliphatic hydroxyl groups excluding tert-OH is 1. The van der Waals surface area contributed by atoms with E-state index in [9.17, 15) is 19.8 Å². The maximum absolute atomic E-state index is 15.2. The van der Waals surface area contributed by atoms with Crippen LogP contribution in [0.1, 0.15) is 67.5 Å². The molecule has 0 amide bonds. The number of carbonyl (C=O) groups is 2. The second-order valence-electron chi connectivity index (χ2n) is 12.8. The van der Waals surface area contributed by atoms with Crippen LogP contribution in [-0.4, -0.2) is 122 Å². The Morgan fingerprint density at radius 2 is 1.58 bits per heavy atom. The largest absolute Gasteiger partial charge is 0.479 e. The Balaban J connectivity index is 2.04. The molecular weight excluding hydrogens is 649 g/mol. The Morgan fingerprint density at radius 3 is 2.04 bits per heavy atom. The summed E-state index contributed by atoms with van der Waals surface area (Å²) in [6, 6.07) is -2.02. The molecule has 17 nitrogen and oxygen atoms in total. The normalized spacial score (nSPS) is 23.0. The van der Waals surface area contributed by atoms with E-state index in [0.29, 0.717) is 0 Å². The van der Waals surface area contributed by atoms with Crippen LogP contribution in [0, 0.1) is 11.8 Å². The SMILES string of the molecule is CCOC(=O)[C@H](CC(C)C)N(C)P(=O)(OC[C@H]1O[C@@H](n2cnc3c(OC)nc(N)nc32)[C@@](C)(O)C1O)N(C)[C@@H](CC(C)C)C(=O)OCC. The summed E-state index contributed by atoms with van der Waals surface area (Å²) in [5.41, 5.74) is 4.37. The minimum atomic E-state index is -4.32. The van der Waals surface area contributed by atoms with E-state index in [2.05, 4.69) is 15.0 Å². The molecule has 1 aliphatic rings. The van der Waals surface area contributed by atoms with Crippen LogP contribution in [0.4, 0.5) is 5.95 Å². The maximum atomic E-state index is 15.2. The van der Waals surface area contributed by atoms with Crippen LogP contribution in [0.3, 0.4) is 0 Å². The van der Waals surface area contributed by atoms with Crippen molar-refractivity contribution in [3.8, 4) is 5.88 Å². The minimum Gasteiger partial charge on any atom is -0.479 e. The number of hydrogen-bond acceptors (Lipinski definition) is 14. The first-order valence-corrected chi connectivity index (χ1v) is 17.6. The second kappa shape index (κ2) is 16.2. The Kier molecular flexibility index (Phi) is 13.3. The van der Waals surface area contributed by atoms with Gasteiger partial charge in [-0.15, -0.1) is 0 Å². The van der Waals surface area contributed by atoms with Gasteiger partial charge in [-0.25, -0.2) is 14.3 Å². The Morgan fingerprint density at radius 1 is 1.06 bits per heavy atom. The number of hydrogen-bond donors (Lipinski definition) is 3. The molecule has 1 saturated heterocycles. The van der Waals surface area contributed by atoms with Gasteiger partial charge in [-0.05, 0) is 59.5 Å². The van der Waals surface area contributed by atoms with E-state index in [4.69, 9.17) is 29.2 Å². The Labute approximate surface area is 281 Å². The highest BCUT2D eigenvalue weighted by Crippen LogP contribution is 2.57. The van der Waals surface area contributed by atoms with Crippen LogP contribution in [0.15, 0.2) is 6.33 Å². The summed E-state index contributed by atoms with van der Waals surface area (Å²) in [5.74, 6) is -1.22. The highest BCUT2D eigenvalue weighted by atomic mass is 31.2. The molecule has 1 fully saturated rings. The van der Waals surface area contributed by atoms with Gasteiger partial charge in [-0.2, -0.15) is 9.97 Å². The first kappa shape index (κ1) is 39.5. The molecule has 6 atom stereocenters. The molecule has 3 heterocycles. The standard InChI is InChI=1S/C30H52N7O10P/c1-11-44-26(39)19(13-17(3)4)35(8)48(42,36(9)20(14-18(5)6)27(40)45-12-2)46-15-21-23(38)30(7,41)28(47-21)37-16-32-22-24(37)33-29(31)34-25(22)43-10/h16-21,23,28,38,41H,11-15H2,1-10H3,(H2,31,33,34)/t19-,20-,21+,23?,28+,30-/m0/s1. The lowest BCUT2D eigenvalue weighted by molar-refractivity contribution is -0.148. The molecule has 2 aromatic heterocycles. The number of aromatic nitrogens is 4. The fourth-order valence-corrected chi connectivity index (χ4v) is 7.93. The summed E-state index contributed by atoms with van der Waals surface area (Å²) in [6.07, 6.45) is -2.16. The molecule has 0 aliphatic carbocycles. The fraction of sp³-hybridized carbons (Fsp3) is 0.767. The number of nitrogen functional groups attached to an aromatic ring is 1. The zero-order valence-corrected chi connectivity index (χ0v) is 30.4. The van der Waals surface area contributed by atoms with Crippen molar-refractivity contribution in [3.05, 3.63) is 6.33 Å². The number of anilines is 1. The lowest BCUT2D eigenvalue weighted by Crippen LogP contribution is -2.48. The maximum Gasteiger partial charge on any atom is 0.347 e. The van der Waals surface area contributed by atoms with E-state index in [0.717, 1.165) is 0 Å². The van der Waals surface area contributed by atoms with Crippen molar-refractivity contribution < 1.29 is 47.8 Å². The van der Waals surface area contributed by atoms with Gasteiger partial charge in [0.15, 0.2) is 17.4 Å². The number of esters is 2. The number of carbonyl (C=O) groups excluding carboxylic acids is 2. The lowest BCUT2D eigenvalue weighted by Gasteiger charge is -2.41. The number of aliphatic hydroxyl groups is 2. The zero-order valence-electron chi connectivity index (χ0n) is 29.5. The van der Waals surface area contributed by atoms with Crippen LogP contribution in [0.25, 0.3) is 11.2 Å². The average molecular weight is 702 g/mol. The Hall–Kier alpha value is -2.92. The van der Waals surface area contributed by atoms with Crippen molar-refractivity contribution in [2.75, 3.05) is 46.8 Å². The van der Waals surface area contributed by atoms with Crippen LogP contribution in [0.2, 0.25) is 0 Å². The Bertz CT molecular complexity index is 1410. The monoisotopic (exact) mass is 701 g/mol. The molecule has 48 heavy (non-hydrogen) atoms. The van der Waals surface area contributed by atoms with Crippen molar-refractivity contribution in [2.24, 2.45) is 11.8 Å². The number of methoxy groups -OCH3 is 1. The highest BCUT2D eigenvalue weighted by molar-refractivity contribution is 7.54. The summed E-state index contributed by atoms with van der Waals surface area (Å²) in [4.78, 5) is 39.0. The van der Waals surface area contributed by atoms with E-state index < -0.39 is 62.3 Å². The van der Waals surface area contributed by atoms with Crippen LogP contribution >= 0.6 is 7.67 Å². The number of nitrogens with zero attached hydrogens (tertiary/aromatic N) is 6. The zero-order chi connectivity index (χ0) is 36.1. The highest BCUT2D eigenvalue weighted by Gasteiger charge is 2.55. The third-order valence-electron chi connectivity index (χ3n) is 8.22. The fourth-order valence-electron chi connectivity index (χ4n) is 5.70. The summed E-state index contributed by atoms with van der Waals surface area (Å²) in [7, 11) is 0.0195. The van der Waals surface area contributed by atoms with Gasteiger partial charge >= 0.3 is 19.6 Å². The predicted octanol–water partition coefficient (Wildman–Crippen LogP) is 2.37. The molecule has 1 aliphatic heterocycles. The molecule has 0 bridgehead atoms. The van der Waals surface area contributed by atoms with E-state index in [1.54, 1.807) is 13.8 Å². The summed E-state index contributed by atoms with van der Waals surface area (Å²) < 4.78 is 47.5. The van der Waals surface area contributed by atoms with Crippen LogP contribution in [0.5, 0.6) is 5.88 Å². The van der Waals surface area contributed by atoms with Gasteiger partial charge in [-0.3, -0.25) is 18.7 Å². The number of ether oxygens (including phenoxy) is 4. The molecule has 0 spiro atoms. The number of imidazole rings is 1. The van der Waals surface area contributed by atoms with Crippen LogP contribution < -0.4 is 10.5 Å². The van der Waals surface area contributed by atoms with Crippen LogP contribution in [-0.2, 0) is 32.9 Å². The van der Waals surface area contributed by atoms with Gasteiger partial charge in [0.2, 0.25) is 11.8 Å². The smallest absolute Gasteiger partial charge is 0.347 e. The number of rotatable bonds is 17. The number of likely N-dealkylation sites (N-methyl/N-ethyl adjacent to an activating group) is 2. The average Bonchev–Trinajstić information content (AvgIpc) is 3.53. The molecule has 2 aromatic rings. The molecule has 4 N–H and O–H groups in total. The summed E-state index contributed by atoms with van der Waals surface area (Å²) >= 11 is 0.